The van der Waals surface area contributed by atoms with Crippen molar-refractivity contribution in [2.45, 2.75) is 19.1 Å². The molecule has 0 heterocycles. The van der Waals surface area contributed by atoms with Gasteiger partial charge in [-0.2, -0.15) is 0 Å². The number of hydrogen-bond acceptors (Lipinski definition) is 3. The van der Waals surface area contributed by atoms with E-state index in [2.05, 4.69) is 0 Å². The van der Waals surface area contributed by atoms with Crippen LogP contribution in [0, 0.1) is 0 Å². The quantitative estimate of drug-likeness (QED) is 0.783. The monoisotopic (exact) mass is 348 g/mol. The van der Waals surface area contributed by atoms with E-state index in [1.54, 1.807) is 18.9 Å². The molecule has 1 unspecified atom stereocenters. The third kappa shape index (κ3) is 5.34. The largest absolute Gasteiger partial charge is 0.375 e. The van der Waals surface area contributed by atoms with Gasteiger partial charge in [0.05, 0.1) is 13.2 Å². The first-order chi connectivity index (χ1) is 11.0. The van der Waals surface area contributed by atoms with Crippen LogP contribution in [0.15, 0.2) is 60.7 Å². The van der Waals surface area contributed by atoms with Gasteiger partial charge in [-0.05, 0) is 18.1 Å². The molecule has 5 heteroatoms. The zero-order valence-electron chi connectivity index (χ0n) is 14.1. The van der Waals surface area contributed by atoms with E-state index < -0.39 is 5.54 Å². The summed E-state index contributed by atoms with van der Waals surface area (Å²) < 4.78 is 5.62. The van der Waals surface area contributed by atoms with E-state index in [9.17, 15) is 4.79 Å². The Bertz CT molecular complexity index is 618. The molecule has 2 aromatic carbocycles. The van der Waals surface area contributed by atoms with Gasteiger partial charge in [-0.3, -0.25) is 4.79 Å². The van der Waals surface area contributed by atoms with E-state index in [0.717, 1.165) is 11.1 Å². The van der Waals surface area contributed by atoms with Crippen molar-refractivity contribution >= 4 is 18.3 Å². The minimum absolute atomic E-state index is 0. The lowest BCUT2D eigenvalue weighted by atomic mass is 9.92. The number of amides is 1. The molecule has 24 heavy (non-hydrogen) atoms. The fraction of sp³-hybridized carbons (Fsp3) is 0.316. The Labute approximate surface area is 150 Å². The molecular weight excluding hydrogens is 324 g/mol. The first-order valence-electron chi connectivity index (χ1n) is 7.73. The van der Waals surface area contributed by atoms with Crippen molar-refractivity contribution in [1.82, 2.24) is 4.90 Å². The van der Waals surface area contributed by atoms with E-state index in [-0.39, 0.29) is 18.3 Å². The summed E-state index contributed by atoms with van der Waals surface area (Å²) in [5.41, 5.74) is 7.14. The minimum Gasteiger partial charge on any atom is -0.375 e. The number of nitrogens with zero attached hydrogens (tertiary/aromatic N) is 1. The molecule has 0 saturated heterocycles. The molecule has 2 rings (SSSR count). The number of hydrogen-bond donors (Lipinski definition) is 1. The zero-order valence-corrected chi connectivity index (χ0v) is 15.0. The van der Waals surface area contributed by atoms with Crippen molar-refractivity contribution in [1.29, 1.82) is 0 Å². The predicted molar refractivity (Wildman–Crippen MR) is 99.0 cm³/mol. The summed E-state index contributed by atoms with van der Waals surface area (Å²) in [6.07, 6.45) is 0. The predicted octanol–water partition coefficient (Wildman–Crippen LogP) is 2.96. The summed E-state index contributed by atoms with van der Waals surface area (Å²) in [6, 6.07) is 19.4. The third-order valence-corrected chi connectivity index (χ3v) is 3.85. The highest BCUT2D eigenvalue weighted by Crippen LogP contribution is 2.19. The molecule has 0 aromatic heterocycles. The fourth-order valence-electron chi connectivity index (χ4n) is 2.37. The molecule has 0 saturated carbocycles. The number of benzene rings is 2. The molecule has 2 N–H and O–H groups in total. The Morgan fingerprint density at radius 3 is 2.21 bits per heavy atom. The SMILES string of the molecule is CN(CCOCc1ccccc1)C(=O)C(C)(N)c1ccccc1.Cl. The summed E-state index contributed by atoms with van der Waals surface area (Å²) in [5, 5.41) is 0. The number of carbonyl (C=O) groups excluding carboxylic acids is 1. The van der Waals surface area contributed by atoms with Crippen molar-refractivity contribution in [3.8, 4) is 0 Å². The first-order valence-corrected chi connectivity index (χ1v) is 7.73. The van der Waals surface area contributed by atoms with Crippen LogP contribution < -0.4 is 5.73 Å². The highest BCUT2D eigenvalue weighted by atomic mass is 35.5. The second kappa shape index (κ2) is 9.42. The average Bonchev–Trinajstić information content (AvgIpc) is 2.59. The van der Waals surface area contributed by atoms with E-state index in [0.29, 0.717) is 19.8 Å². The lowest BCUT2D eigenvalue weighted by Gasteiger charge is -2.29. The van der Waals surface area contributed by atoms with Crippen molar-refractivity contribution in [3.63, 3.8) is 0 Å². The van der Waals surface area contributed by atoms with Crippen LogP contribution in [0.1, 0.15) is 18.1 Å². The summed E-state index contributed by atoms with van der Waals surface area (Å²) >= 11 is 0. The number of halogens is 1. The van der Waals surface area contributed by atoms with E-state index >= 15 is 0 Å². The van der Waals surface area contributed by atoms with Gasteiger partial charge < -0.3 is 15.4 Å². The normalized spacial score (nSPS) is 12.8. The van der Waals surface area contributed by atoms with Gasteiger partial charge in [0.25, 0.3) is 0 Å². The Balaban J connectivity index is 0.00000288. The van der Waals surface area contributed by atoms with Gasteiger partial charge in [0, 0.05) is 13.6 Å². The van der Waals surface area contributed by atoms with Gasteiger partial charge in [0.2, 0.25) is 5.91 Å². The van der Waals surface area contributed by atoms with Crippen molar-refractivity contribution in [2.24, 2.45) is 5.73 Å². The third-order valence-electron chi connectivity index (χ3n) is 3.85. The highest BCUT2D eigenvalue weighted by molar-refractivity contribution is 5.86. The van der Waals surface area contributed by atoms with E-state index in [1.807, 2.05) is 60.7 Å². The van der Waals surface area contributed by atoms with Gasteiger partial charge in [0.1, 0.15) is 5.54 Å². The van der Waals surface area contributed by atoms with Gasteiger partial charge in [0.15, 0.2) is 0 Å². The van der Waals surface area contributed by atoms with E-state index in [4.69, 9.17) is 10.5 Å². The average molecular weight is 349 g/mol. The number of rotatable bonds is 7. The Morgan fingerprint density at radius 2 is 1.62 bits per heavy atom. The van der Waals surface area contributed by atoms with Crippen LogP contribution in [0.5, 0.6) is 0 Å². The van der Waals surface area contributed by atoms with Crippen molar-refractivity contribution < 1.29 is 9.53 Å². The molecule has 0 fully saturated rings. The molecule has 4 nitrogen and oxygen atoms in total. The molecule has 1 amide bonds. The molecule has 2 aromatic rings. The second-order valence-corrected chi connectivity index (χ2v) is 5.83. The van der Waals surface area contributed by atoms with Gasteiger partial charge in [-0.25, -0.2) is 0 Å². The van der Waals surface area contributed by atoms with Crippen molar-refractivity contribution in [3.05, 3.63) is 71.8 Å². The smallest absolute Gasteiger partial charge is 0.246 e. The van der Waals surface area contributed by atoms with Gasteiger partial charge >= 0.3 is 0 Å². The lowest BCUT2D eigenvalue weighted by Crippen LogP contribution is -2.50. The Hall–Kier alpha value is -1.88. The van der Waals surface area contributed by atoms with Crippen LogP contribution >= 0.6 is 12.4 Å². The minimum atomic E-state index is -1.03. The second-order valence-electron chi connectivity index (χ2n) is 5.83. The number of carbonyl (C=O) groups is 1. The standard InChI is InChI=1S/C19H24N2O2.ClH/c1-19(20,17-11-7-4-8-12-17)18(22)21(2)13-14-23-15-16-9-5-3-6-10-16;/h3-12H,13-15,20H2,1-2H3;1H. The molecule has 0 aliphatic rings. The molecule has 130 valence electrons. The molecule has 0 radical (unpaired) electrons. The van der Waals surface area contributed by atoms with Crippen LogP contribution in [0.4, 0.5) is 0 Å². The Morgan fingerprint density at radius 1 is 1.08 bits per heavy atom. The summed E-state index contributed by atoms with van der Waals surface area (Å²) in [6.45, 7) is 3.26. The first kappa shape index (κ1) is 20.2. The van der Waals surface area contributed by atoms with Crippen LogP contribution in [-0.2, 0) is 21.7 Å². The molecule has 1 atom stereocenters. The number of ether oxygens (including phenoxy) is 1. The topological polar surface area (TPSA) is 55.6 Å². The maximum absolute atomic E-state index is 12.6. The van der Waals surface area contributed by atoms with Crippen LogP contribution in [0.3, 0.4) is 0 Å². The molecule has 0 spiro atoms. The zero-order chi connectivity index (χ0) is 16.7. The maximum atomic E-state index is 12.6. The lowest BCUT2D eigenvalue weighted by molar-refractivity contribution is -0.136. The Kier molecular flexibility index (Phi) is 7.92. The van der Waals surface area contributed by atoms with Crippen molar-refractivity contribution in [2.75, 3.05) is 20.2 Å². The van der Waals surface area contributed by atoms with Crippen LogP contribution in [0.25, 0.3) is 0 Å². The molecule has 0 aliphatic carbocycles. The van der Waals surface area contributed by atoms with E-state index in [1.165, 1.54) is 0 Å². The summed E-state index contributed by atoms with van der Waals surface area (Å²) in [4.78, 5) is 14.2. The molecular formula is C19H25ClN2O2. The fourth-order valence-corrected chi connectivity index (χ4v) is 2.37. The maximum Gasteiger partial charge on any atom is 0.246 e. The summed E-state index contributed by atoms with van der Waals surface area (Å²) in [7, 11) is 1.75. The van der Waals surface area contributed by atoms with Crippen LogP contribution in [0.2, 0.25) is 0 Å². The molecule has 0 bridgehead atoms. The van der Waals surface area contributed by atoms with Crippen LogP contribution in [-0.4, -0.2) is 31.0 Å². The number of likely N-dealkylation sites (N-methyl/N-ethyl adjacent to an activating group) is 1. The van der Waals surface area contributed by atoms with Gasteiger partial charge in [-0.1, -0.05) is 60.7 Å². The summed E-state index contributed by atoms with van der Waals surface area (Å²) in [5.74, 6) is -0.119. The highest BCUT2D eigenvalue weighted by Gasteiger charge is 2.32. The van der Waals surface area contributed by atoms with Gasteiger partial charge in [-0.15, -0.1) is 12.4 Å². The molecule has 0 aliphatic heterocycles. The number of nitrogens with two attached hydrogens (primary N) is 1.